The van der Waals surface area contributed by atoms with Crippen molar-refractivity contribution < 1.29 is 0 Å². The molecule has 1 fully saturated rings. The van der Waals surface area contributed by atoms with Crippen LogP contribution in [0.4, 0.5) is 0 Å². The molecule has 0 aromatic rings. The second kappa shape index (κ2) is 7.24. The van der Waals surface area contributed by atoms with E-state index in [0.29, 0.717) is 6.04 Å². The first-order chi connectivity index (χ1) is 7.26. The van der Waals surface area contributed by atoms with Crippen molar-refractivity contribution in [2.24, 2.45) is 17.6 Å². The lowest BCUT2D eigenvalue weighted by atomic mass is 9.86. The van der Waals surface area contributed by atoms with Gasteiger partial charge in [0.05, 0.1) is 0 Å². The van der Waals surface area contributed by atoms with Crippen molar-refractivity contribution in [1.29, 1.82) is 0 Å². The second-order valence-electron chi connectivity index (χ2n) is 5.12. The largest absolute Gasteiger partial charge is 0.328 e. The van der Waals surface area contributed by atoms with E-state index in [1.807, 2.05) is 0 Å². The Hall–Kier alpha value is -0.0800. The molecule has 1 aliphatic rings. The highest BCUT2D eigenvalue weighted by Crippen LogP contribution is 2.22. The van der Waals surface area contributed by atoms with Crippen LogP contribution in [-0.4, -0.2) is 19.1 Å². The summed E-state index contributed by atoms with van der Waals surface area (Å²) in [6.07, 6.45) is 7.74. The number of rotatable bonds is 6. The third-order valence-corrected chi connectivity index (χ3v) is 3.91. The van der Waals surface area contributed by atoms with Crippen LogP contribution in [0.5, 0.6) is 0 Å². The Labute approximate surface area is 95.0 Å². The molecule has 0 amide bonds. The molecule has 0 aromatic carbocycles. The van der Waals surface area contributed by atoms with Crippen LogP contribution in [-0.2, 0) is 0 Å². The summed E-state index contributed by atoms with van der Waals surface area (Å²) in [5, 5.41) is 3.63. The van der Waals surface area contributed by atoms with E-state index in [-0.39, 0.29) is 0 Å². The zero-order valence-corrected chi connectivity index (χ0v) is 10.5. The van der Waals surface area contributed by atoms with E-state index in [1.54, 1.807) is 0 Å². The van der Waals surface area contributed by atoms with Gasteiger partial charge in [-0.05, 0) is 50.6 Å². The first-order valence-corrected chi connectivity index (χ1v) is 6.72. The van der Waals surface area contributed by atoms with E-state index in [9.17, 15) is 0 Å². The summed E-state index contributed by atoms with van der Waals surface area (Å²) in [5.41, 5.74) is 5.90. The summed E-state index contributed by atoms with van der Waals surface area (Å²) in [6, 6.07) is 0.486. The van der Waals surface area contributed by atoms with Crippen molar-refractivity contribution in [1.82, 2.24) is 5.32 Å². The average molecular weight is 212 g/mol. The number of nitrogens with two attached hydrogens (primary N) is 1. The van der Waals surface area contributed by atoms with Gasteiger partial charge >= 0.3 is 0 Å². The number of hydrogen-bond donors (Lipinski definition) is 2. The van der Waals surface area contributed by atoms with E-state index >= 15 is 0 Å². The van der Waals surface area contributed by atoms with E-state index < -0.39 is 0 Å². The molecule has 0 unspecified atom stereocenters. The van der Waals surface area contributed by atoms with Gasteiger partial charge in [-0.15, -0.1) is 0 Å². The van der Waals surface area contributed by atoms with Crippen molar-refractivity contribution in [3.05, 3.63) is 0 Å². The first kappa shape index (κ1) is 13.0. The Morgan fingerprint density at radius 2 is 1.73 bits per heavy atom. The fraction of sp³-hybridized carbons (Fsp3) is 1.00. The lowest BCUT2D eigenvalue weighted by Gasteiger charge is -2.26. The molecule has 0 radical (unpaired) electrons. The summed E-state index contributed by atoms with van der Waals surface area (Å²) in [5.74, 6) is 1.76. The molecule has 3 N–H and O–H groups in total. The molecule has 1 rings (SSSR count). The fourth-order valence-electron chi connectivity index (χ4n) is 2.46. The molecular formula is C13H28N2. The normalized spacial score (nSPS) is 27.2. The third-order valence-electron chi connectivity index (χ3n) is 3.91. The molecule has 0 aliphatic heterocycles. The minimum absolute atomic E-state index is 0.486. The van der Waals surface area contributed by atoms with Gasteiger partial charge in [-0.3, -0.25) is 0 Å². The van der Waals surface area contributed by atoms with Crippen molar-refractivity contribution >= 4 is 0 Å². The van der Waals surface area contributed by atoms with Crippen LogP contribution in [0.25, 0.3) is 0 Å². The Morgan fingerprint density at radius 3 is 2.27 bits per heavy atom. The van der Waals surface area contributed by atoms with Crippen molar-refractivity contribution in [2.75, 3.05) is 13.1 Å². The van der Waals surface area contributed by atoms with Crippen molar-refractivity contribution in [3.63, 3.8) is 0 Å². The molecule has 0 spiro atoms. The monoisotopic (exact) mass is 212 g/mol. The minimum Gasteiger partial charge on any atom is -0.328 e. The van der Waals surface area contributed by atoms with Crippen LogP contribution in [0.2, 0.25) is 0 Å². The highest BCUT2D eigenvalue weighted by molar-refractivity contribution is 4.75. The average Bonchev–Trinajstić information content (AvgIpc) is 2.27. The van der Waals surface area contributed by atoms with Gasteiger partial charge in [0.1, 0.15) is 0 Å². The molecular weight excluding hydrogens is 184 g/mol. The maximum Gasteiger partial charge on any atom is 0.00390 e. The SMILES string of the molecule is CCC(CC)CNCC1CCC(N)CC1. The molecule has 2 heteroatoms. The Kier molecular flexibility index (Phi) is 6.26. The molecule has 0 bridgehead atoms. The summed E-state index contributed by atoms with van der Waals surface area (Å²) in [6.45, 7) is 6.99. The fourth-order valence-corrected chi connectivity index (χ4v) is 2.46. The maximum absolute atomic E-state index is 5.90. The van der Waals surface area contributed by atoms with Crippen LogP contribution in [0, 0.1) is 11.8 Å². The van der Waals surface area contributed by atoms with Crippen LogP contribution in [0.15, 0.2) is 0 Å². The third kappa shape index (κ3) is 4.98. The topological polar surface area (TPSA) is 38.0 Å². The van der Waals surface area contributed by atoms with Gasteiger partial charge in [0, 0.05) is 6.04 Å². The van der Waals surface area contributed by atoms with Gasteiger partial charge in [-0.2, -0.15) is 0 Å². The molecule has 1 saturated carbocycles. The van der Waals surface area contributed by atoms with Gasteiger partial charge in [0.15, 0.2) is 0 Å². The van der Waals surface area contributed by atoms with Crippen LogP contribution < -0.4 is 11.1 Å². The summed E-state index contributed by atoms with van der Waals surface area (Å²) in [4.78, 5) is 0. The predicted molar refractivity (Wildman–Crippen MR) is 66.9 cm³/mol. The van der Waals surface area contributed by atoms with Crippen LogP contribution >= 0.6 is 0 Å². The Morgan fingerprint density at radius 1 is 1.13 bits per heavy atom. The van der Waals surface area contributed by atoms with Crippen molar-refractivity contribution in [3.8, 4) is 0 Å². The van der Waals surface area contributed by atoms with E-state index in [1.165, 1.54) is 51.6 Å². The number of nitrogens with one attached hydrogen (secondary N) is 1. The maximum atomic E-state index is 5.90. The standard InChI is InChI=1S/C13H28N2/c1-3-11(4-2)9-15-10-12-5-7-13(14)8-6-12/h11-13,15H,3-10,14H2,1-2H3. The number of hydrogen-bond acceptors (Lipinski definition) is 2. The van der Waals surface area contributed by atoms with Gasteiger partial charge in [0.2, 0.25) is 0 Å². The molecule has 0 heterocycles. The van der Waals surface area contributed by atoms with E-state index in [4.69, 9.17) is 5.73 Å². The van der Waals surface area contributed by atoms with E-state index in [0.717, 1.165) is 11.8 Å². The molecule has 0 atom stereocenters. The second-order valence-corrected chi connectivity index (χ2v) is 5.12. The smallest absolute Gasteiger partial charge is 0.00390 e. The lowest BCUT2D eigenvalue weighted by molar-refractivity contribution is 0.306. The molecule has 2 nitrogen and oxygen atoms in total. The van der Waals surface area contributed by atoms with Gasteiger partial charge in [0.25, 0.3) is 0 Å². The molecule has 0 aromatic heterocycles. The Balaban J connectivity index is 2.04. The lowest BCUT2D eigenvalue weighted by Crippen LogP contribution is -2.33. The van der Waals surface area contributed by atoms with Gasteiger partial charge in [-0.1, -0.05) is 26.7 Å². The van der Waals surface area contributed by atoms with Gasteiger partial charge in [-0.25, -0.2) is 0 Å². The summed E-state index contributed by atoms with van der Waals surface area (Å²) in [7, 11) is 0. The van der Waals surface area contributed by atoms with E-state index in [2.05, 4.69) is 19.2 Å². The molecule has 1 aliphatic carbocycles. The zero-order valence-electron chi connectivity index (χ0n) is 10.5. The highest BCUT2D eigenvalue weighted by atomic mass is 14.9. The molecule has 15 heavy (non-hydrogen) atoms. The first-order valence-electron chi connectivity index (χ1n) is 6.72. The zero-order chi connectivity index (χ0) is 11.1. The highest BCUT2D eigenvalue weighted by Gasteiger charge is 2.18. The van der Waals surface area contributed by atoms with Crippen molar-refractivity contribution in [2.45, 2.75) is 58.4 Å². The predicted octanol–water partition coefficient (Wildman–Crippen LogP) is 2.53. The van der Waals surface area contributed by atoms with Gasteiger partial charge < -0.3 is 11.1 Å². The molecule has 90 valence electrons. The van der Waals surface area contributed by atoms with Crippen LogP contribution in [0.1, 0.15) is 52.4 Å². The molecule has 0 saturated heterocycles. The summed E-state index contributed by atoms with van der Waals surface area (Å²) < 4.78 is 0. The Bertz CT molecular complexity index is 147. The van der Waals surface area contributed by atoms with Crippen LogP contribution in [0.3, 0.4) is 0 Å². The minimum atomic E-state index is 0.486. The quantitative estimate of drug-likeness (QED) is 0.710. The summed E-state index contributed by atoms with van der Waals surface area (Å²) >= 11 is 0.